The number of pyridine rings is 1. The van der Waals surface area contributed by atoms with Gasteiger partial charge in [0.25, 0.3) is 11.8 Å². The average Bonchev–Trinajstić information content (AvgIpc) is 3.37. The molecule has 0 aliphatic carbocycles. The van der Waals surface area contributed by atoms with Crippen LogP contribution >= 0.6 is 23.2 Å². The van der Waals surface area contributed by atoms with E-state index >= 15 is 0 Å². The van der Waals surface area contributed by atoms with Crippen LogP contribution < -0.4 is 10.6 Å². The zero-order valence-corrected chi connectivity index (χ0v) is 21.5. The quantitative estimate of drug-likeness (QED) is 0.276. The maximum Gasteiger partial charge on any atom is 0.272 e. The lowest BCUT2D eigenvalue weighted by Gasteiger charge is -2.12. The maximum atomic E-state index is 14.4. The molecule has 5 aromatic rings. The molecule has 3 aromatic heterocycles. The number of hydrogen-bond donors (Lipinski definition) is 2. The van der Waals surface area contributed by atoms with Gasteiger partial charge < -0.3 is 10.6 Å². The molecular weight excluding hydrogens is 544 g/mol. The lowest BCUT2D eigenvalue weighted by molar-refractivity contribution is 0.0944. The monoisotopic (exact) mass is 561 g/mol. The van der Waals surface area contributed by atoms with Gasteiger partial charge in [0, 0.05) is 24.0 Å². The number of nitrogens with one attached hydrogen (secondary N) is 2. The molecule has 5 rings (SSSR count). The number of benzene rings is 2. The van der Waals surface area contributed by atoms with E-state index in [1.807, 2.05) is 6.07 Å². The number of carbonyl (C=O) groups excluding carboxylic acids is 2. The number of aromatic nitrogens is 5. The van der Waals surface area contributed by atoms with Gasteiger partial charge in [-0.3, -0.25) is 14.6 Å². The standard InChI is InChI=1S/C27H18Cl2FN7O2/c28-20-13-21(29)19(12-18(20)25-22(30)9-5-10-31-25)26(38)34-24-14-23(36-37(24)17-7-2-1-3-8-17)27(39)32-15-16-6-4-11-33-35-16/h1-14H,15H2,(H,32,39)(H,34,38). The van der Waals surface area contributed by atoms with E-state index in [-0.39, 0.29) is 44.9 Å². The molecule has 0 atom stereocenters. The predicted octanol–water partition coefficient (Wildman–Crippen LogP) is 5.35. The normalized spacial score (nSPS) is 10.7. The van der Waals surface area contributed by atoms with E-state index in [1.54, 1.807) is 36.4 Å². The van der Waals surface area contributed by atoms with Crippen LogP contribution in [0.2, 0.25) is 10.0 Å². The highest BCUT2D eigenvalue weighted by Crippen LogP contribution is 2.33. The Balaban J connectivity index is 1.46. The Bertz CT molecular complexity index is 1660. The molecular formula is C27H18Cl2FN7O2. The summed E-state index contributed by atoms with van der Waals surface area (Å²) in [5.74, 6) is -1.51. The van der Waals surface area contributed by atoms with Gasteiger partial charge in [0.15, 0.2) is 5.69 Å². The molecule has 0 saturated carbocycles. The third-order valence-electron chi connectivity index (χ3n) is 5.56. The number of nitrogens with zero attached hydrogens (tertiary/aromatic N) is 5. The fourth-order valence-electron chi connectivity index (χ4n) is 3.71. The van der Waals surface area contributed by atoms with E-state index in [0.29, 0.717) is 11.4 Å². The Labute approximate surface area is 231 Å². The summed E-state index contributed by atoms with van der Waals surface area (Å²) in [5.41, 5.74) is 1.42. The van der Waals surface area contributed by atoms with Crippen molar-refractivity contribution in [2.75, 3.05) is 5.32 Å². The summed E-state index contributed by atoms with van der Waals surface area (Å²) in [6.07, 6.45) is 2.95. The first kappa shape index (κ1) is 26.0. The van der Waals surface area contributed by atoms with Crippen molar-refractivity contribution in [1.82, 2.24) is 30.3 Å². The second-order valence-electron chi connectivity index (χ2n) is 8.16. The van der Waals surface area contributed by atoms with Gasteiger partial charge in [-0.25, -0.2) is 9.07 Å². The van der Waals surface area contributed by atoms with Crippen LogP contribution in [0.5, 0.6) is 0 Å². The minimum Gasteiger partial charge on any atom is -0.345 e. The highest BCUT2D eigenvalue weighted by Gasteiger charge is 2.21. The summed E-state index contributed by atoms with van der Waals surface area (Å²) in [6, 6.07) is 19.2. The van der Waals surface area contributed by atoms with E-state index in [9.17, 15) is 14.0 Å². The van der Waals surface area contributed by atoms with Crippen LogP contribution in [-0.4, -0.2) is 36.8 Å². The van der Waals surface area contributed by atoms with Crippen molar-refractivity contribution < 1.29 is 14.0 Å². The van der Waals surface area contributed by atoms with E-state index in [0.717, 1.165) is 0 Å². The summed E-state index contributed by atoms with van der Waals surface area (Å²) < 4.78 is 15.8. The Morgan fingerprint density at radius 1 is 0.897 bits per heavy atom. The molecule has 2 amide bonds. The molecule has 2 N–H and O–H groups in total. The molecule has 0 spiro atoms. The van der Waals surface area contributed by atoms with Crippen LogP contribution in [0.15, 0.2) is 85.2 Å². The minimum absolute atomic E-state index is 0.0235. The summed E-state index contributed by atoms with van der Waals surface area (Å²) in [4.78, 5) is 30.3. The molecule has 39 heavy (non-hydrogen) atoms. The molecule has 3 heterocycles. The number of para-hydroxylation sites is 1. The van der Waals surface area contributed by atoms with Gasteiger partial charge in [-0.05, 0) is 48.5 Å². The number of amides is 2. The van der Waals surface area contributed by atoms with Crippen LogP contribution in [0, 0.1) is 5.82 Å². The van der Waals surface area contributed by atoms with Gasteiger partial charge in [-0.15, -0.1) is 0 Å². The average molecular weight is 562 g/mol. The summed E-state index contributed by atoms with van der Waals surface area (Å²) in [7, 11) is 0. The molecule has 9 nitrogen and oxygen atoms in total. The molecule has 0 saturated heterocycles. The van der Waals surface area contributed by atoms with Crippen LogP contribution in [-0.2, 0) is 6.54 Å². The van der Waals surface area contributed by atoms with Crippen molar-refractivity contribution >= 4 is 40.8 Å². The van der Waals surface area contributed by atoms with E-state index < -0.39 is 17.6 Å². The van der Waals surface area contributed by atoms with Gasteiger partial charge in [0.2, 0.25) is 0 Å². The van der Waals surface area contributed by atoms with Crippen molar-refractivity contribution in [2.24, 2.45) is 0 Å². The number of hydrogen-bond acceptors (Lipinski definition) is 6. The first-order chi connectivity index (χ1) is 18.9. The Kier molecular flexibility index (Phi) is 7.57. The van der Waals surface area contributed by atoms with Crippen molar-refractivity contribution in [2.45, 2.75) is 6.54 Å². The number of rotatable bonds is 7. The molecule has 194 valence electrons. The largest absolute Gasteiger partial charge is 0.345 e. The fraction of sp³-hybridized carbons (Fsp3) is 0.0370. The molecule has 0 bridgehead atoms. The second-order valence-corrected chi connectivity index (χ2v) is 8.97. The highest BCUT2D eigenvalue weighted by atomic mass is 35.5. The van der Waals surface area contributed by atoms with Crippen molar-refractivity contribution in [3.63, 3.8) is 0 Å². The zero-order chi connectivity index (χ0) is 27.4. The first-order valence-corrected chi connectivity index (χ1v) is 12.3. The molecule has 0 unspecified atom stereocenters. The van der Waals surface area contributed by atoms with Gasteiger partial charge in [-0.1, -0.05) is 41.4 Å². The lowest BCUT2D eigenvalue weighted by Crippen LogP contribution is -2.24. The van der Waals surface area contributed by atoms with Crippen LogP contribution in [0.4, 0.5) is 10.2 Å². The third-order valence-corrected chi connectivity index (χ3v) is 6.18. The highest BCUT2D eigenvalue weighted by molar-refractivity contribution is 6.38. The van der Waals surface area contributed by atoms with Crippen molar-refractivity contribution in [3.8, 4) is 16.9 Å². The molecule has 0 aliphatic heterocycles. The predicted molar refractivity (Wildman–Crippen MR) is 144 cm³/mol. The van der Waals surface area contributed by atoms with Gasteiger partial charge in [0.1, 0.15) is 17.3 Å². The van der Waals surface area contributed by atoms with Gasteiger partial charge in [0.05, 0.1) is 33.5 Å². The van der Waals surface area contributed by atoms with Crippen molar-refractivity contribution in [3.05, 3.63) is 118 Å². The summed E-state index contributed by atoms with van der Waals surface area (Å²) in [5, 5.41) is 17.8. The van der Waals surface area contributed by atoms with E-state index in [1.165, 1.54) is 47.4 Å². The molecule has 0 radical (unpaired) electrons. The smallest absolute Gasteiger partial charge is 0.272 e. The number of halogens is 3. The maximum absolute atomic E-state index is 14.4. The van der Waals surface area contributed by atoms with Crippen LogP contribution in [0.25, 0.3) is 16.9 Å². The van der Waals surface area contributed by atoms with Crippen molar-refractivity contribution in [1.29, 1.82) is 0 Å². The molecule has 0 aliphatic rings. The molecule has 0 fully saturated rings. The zero-order valence-electron chi connectivity index (χ0n) is 20.0. The van der Waals surface area contributed by atoms with Gasteiger partial charge in [-0.2, -0.15) is 15.3 Å². The summed E-state index contributed by atoms with van der Waals surface area (Å²) >= 11 is 12.6. The Morgan fingerprint density at radius 3 is 2.44 bits per heavy atom. The van der Waals surface area contributed by atoms with E-state index in [4.69, 9.17) is 23.2 Å². The van der Waals surface area contributed by atoms with E-state index in [2.05, 4.69) is 30.9 Å². The molecule has 12 heteroatoms. The van der Waals surface area contributed by atoms with Crippen LogP contribution in [0.3, 0.4) is 0 Å². The van der Waals surface area contributed by atoms with Gasteiger partial charge >= 0.3 is 0 Å². The second kappa shape index (κ2) is 11.4. The summed E-state index contributed by atoms with van der Waals surface area (Å²) in [6.45, 7) is 0.139. The first-order valence-electron chi connectivity index (χ1n) is 11.5. The Morgan fingerprint density at radius 2 is 1.69 bits per heavy atom. The fourth-order valence-corrected chi connectivity index (χ4v) is 4.27. The SMILES string of the molecule is O=C(NCc1cccnn1)c1cc(NC(=O)c2cc(-c3ncccc3F)c(Cl)cc2Cl)n(-c2ccccc2)n1. The topological polar surface area (TPSA) is 115 Å². The number of carbonyl (C=O) groups is 2. The Hall–Kier alpha value is -4.67. The lowest BCUT2D eigenvalue weighted by atomic mass is 10.1. The number of anilines is 1. The molecule has 2 aromatic carbocycles. The minimum atomic E-state index is -0.627. The third kappa shape index (κ3) is 5.77. The van der Waals surface area contributed by atoms with Crippen LogP contribution in [0.1, 0.15) is 26.5 Å².